The van der Waals surface area contributed by atoms with Gasteiger partial charge in [-0.05, 0) is 48.5 Å². The number of hydrogen-bond donors (Lipinski definition) is 1. The minimum atomic E-state index is -0.260. The predicted molar refractivity (Wildman–Crippen MR) is 96.6 cm³/mol. The van der Waals surface area contributed by atoms with E-state index in [0.29, 0.717) is 33.4 Å². The minimum absolute atomic E-state index is 0.260. The van der Waals surface area contributed by atoms with Crippen molar-refractivity contribution < 1.29 is 9.21 Å². The molecule has 2 aromatic carbocycles. The van der Waals surface area contributed by atoms with Crippen LogP contribution in [0.4, 0.5) is 5.69 Å². The van der Waals surface area contributed by atoms with Gasteiger partial charge in [0.25, 0.3) is 5.91 Å². The number of amides is 1. The standard InChI is InChI=1S/C19H12ClN3O2/c20-15-5-2-1-4-14(15)18(24)22-13-9-7-12(8-10-13)19-23-17-16(25-19)6-3-11-21-17/h1-11H,(H,22,24). The molecule has 4 aromatic rings. The molecule has 6 heteroatoms. The largest absolute Gasteiger partial charge is 0.434 e. The summed E-state index contributed by atoms with van der Waals surface area (Å²) in [5, 5.41) is 3.23. The van der Waals surface area contributed by atoms with Gasteiger partial charge in [0.2, 0.25) is 5.89 Å². The molecule has 0 atom stereocenters. The van der Waals surface area contributed by atoms with E-state index in [0.717, 1.165) is 5.56 Å². The lowest BCUT2D eigenvalue weighted by atomic mass is 10.2. The SMILES string of the molecule is O=C(Nc1ccc(-c2nc3ncccc3o2)cc1)c1ccccc1Cl. The van der Waals surface area contributed by atoms with Gasteiger partial charge in [0.05, 0.1) is 10.6 Å². The van der Waals surface area contributed by atoms with Crippen molar-refractivity contribution in [2.75, 3.05) is 5.32 Å². The molecule has 0 radical (unpaired) electrons. The third-order valence-electron chi connectivity index (χ3n) is 3.67. The Balaban J connectivity index is 1.56. The van der Waals surface area contributed by atoms with Crippen LogP contribution in [-0.2, 0) is 0 Å². The monoisotopic (exact) mass is 349 g/mol. The quantitative estimate of drug-likeness (QED) is 0.577. The third kappa shape index (κ3) is 3.09. The van der Waals surface area contributed by atoms with Crippen molar-refractivity contribution in [2.24, 2.45) is 0 Å². The highest BCUT2D eigenvalue weighted by Crippen LogP contribution is 2.24. The Kier molecular flexibility index (Phi) is 3.91. The highest BCUT2D eigenvalue weighted by atomic mass is 35.5. The smallest absolute Gasteiger partial charge is 0.257 e. The highest BCUT2D eigenvalue weighted by Gasteiger charge is 2.11. The van der Waals surface area contributed by atoms with Gasteiger partial charge >= 0.3 is 0 Å². The van der Waals surface area contributed by atoms with Gasteiger partial charge in [0.15, 0.2) is 11.2 Å². The molecule has 0 aliphatic carbocycles. The Morgan fingerprint density at radius 1 is 1.00 bits per heavy atom. The van der Waals surface area contributed by atoms with Crippen molar-refractivity contribution >= 4 is 34.4 Å². The molecule has 25 heavy (non-hydrogen) atoms. The number of carbonyl (C=O) groups is 1. The fourth-order valence-electron chi connectivity index (χ4n) is 2.43. The van der Waals surface area contributed by atoms with Gasteiger partial charge in [-0.15, -0.1) is 0 Å². The Morgan fingerprint density at radius 3 is 2.56 bits per heavy atom. The number of pyridine rings is 1. The maximum absolute atomic E-state index is 12.3. The fraction of sp³-hybridized carbons (Fsp3) is 0. The van der Waals surface area contributed by atoms with Crippen LogP contribution in [0.3, 0.4) is 0 Å². The van der Waals surface area contributed by atoms with Crippen molar-refractivity contribution in [3.8, 4) is 11.5 Å². The van der Waals surface area contributed by atoms with Crippen LogP contribution >= 0.6 is 11.6 Å². The number of anilines is 1. The maximum Gasteiger partial charge on any atom is 0.257 e. The molecule has 0 aliphatic rings. The molecule has 1 N–H and O–H groups in total. The second kappa shape index (κ2) is 6.37. The molecule has 2 heterocycles. The number of rotatable bonds is 3. The van der Waals surface area contributed by atoms with E-state index >= 15 is 0 Å². The average Bonchev–Trinajstić information content (AvgIpc) is 3.07. The van der Waals surface area contributed by atoms with Crippen LogP contribution < -0.4 is 5.32 Å². The average molecular weight is 350 g/mol. The number of fused-ring (bicyclic) bond motifs is 1. The normalized spacial score (nSPS) is 10.8. The van der Waals surface area contributed by atoms with Gasteiger partial charge in [-0.25, -0.2) is 4.98 Å². The molecule has 1 amide bonds. The summed E-state index contributed by atoms with van der Waals surface area (Å²) in [4.78, 5) is 20.8. The number of hydrogen-bond acceptors (Lipinski definition) is 4. The van der Waals surface area contributed by atoms with Gasteiger partial charge < -0.3 is 9.73 Å². The van der Waals surface area contributed by atoms with Crippen molar-refractivity contribution in [1.29, 1.82) is 0 Å². The van der Waals surface area contributed by atoms with Gasteiger partial charge in [-0.2, -0.15) is 4.98 Å². The highest BCUT2D eigenvalue weighted by molar-refractivity contribution is 6.34. The third-order valence-corrected chi connectivity index (χ3v) is 4.00. The topological polar surface area (TPSA) is 68.0 Å². The molecular formula is C19H12ClN3O2. The van der Waals surface area contributed by atoms with Gasteiger partial charge in [0.1, 0.15) is 0 Å². The van der Waals surface area contributed by atoms with E-state index in [4.69, 9.17) is 16.0 Å². The predicted octanol–water partition coefficient (Wildman–Crippen LogP) is 4.80. The molecule has 4 rings (SSSR count). The van der Waals surface area contributed by atoms with E-state index in [1.807, 2.05) is 18.2 Å². The summed E-state index contributed by atoms with van der Waals surface area (Å²) >= 11 is 6.04. The lowest BCUT2D eigenvalue weighted by molar-refractivity contribution is 0.102. The van der Waals surface area contributed by atoms with Crippen LogP contribution in [0.1, 0.15) is 10.4 Å². The van der Waals surface area contributed by atoms with E-state index < -0.39 is 0 Å². The van der Waals surface area contributed by atoms with Gasteiger partial charge in [-0.1, -0.05) is 23.7 Å². The number of oxazole rings is 1. The van der Waals surface area contributed by atoms with Crippen LogP contribution in [0.15, 0.2) is 71.3 Å². The number of nitrogens with one attached hydrogen (secondary N) is 1. The molecule has 0 saturated carbocycles. The minimum Gasteiger partial charge on any atom is -0.434 e. The molecular weight excluding hydrogens is 338 g/mol. The van der Waals surface area contributed by atoms with E-state index in [1.165, 1.54) is 0 Å². The van der Waals surface area contributed by atoms with Crippen LogP contribution in [-0.4, -0.2) is 15.9 Å². The summed E-state index contributed by atoms with van der Waals surface area (Å²) in [5.41, 5.74) is 3.08. The van der Waals surface area contributed by atoms with Crippen molar-refractivity contribution in [2.45, 2.75) is 0 Å². The summed E-state index contributed by atoms with van der Waals surface area (Å²) in [6.45, 7) is 0. The number of aromatic nitrogens is 2. The molecule has 0 unspecified atom stereocenters. The van der Waals surface area contributed by atoms with E-state index in [2.05, 4.69) is 15.3 Å². The Hall–Kier alpha value is -3.18. The Labute approximate surface area is 148 Å². The molecule has 0 bridgehead atoms. The molecule has 0 spiro atoms. The Bertz CT molecular complexity index is 1020. The summed E-state index contributed by atoms with van der Waals surface area (Å²) in [6.07, 6.45) is 1.67. The second-order valence-electron chi connectivity index (χ2n) is 5.36. The van der Waals surface area contributed by atoms with Crippen LogP contribution in [0.25, 0.3) is 22.7 Å². The lowest BCUT2D eigenvalue weighted by Gasteiger charge is -2.07. The number of carbonyl (C=O) groups excluding carboxylic acids is 1. The van der Waals surface area contributed by atoms with Crippen molar-refractivity contribution in [3.05, 3.63) is 77.4 Å². The van der Waals surface area contributed by atoms with E-state index in [9.17, 15) is 4.79 Å². The number of nitrogens with zero attached hydrogens (tertiary/aromatic N) is 2. The van der Waals surface area contributed by atoms with E-state index in [1.54, 1.807) is 48.7 Å². The summed E-state index contributed by atoms with van der Waals surface area (Å²) in [6, 6.07) is 17.7. The molecule has 2 aromatic heterocycles. The van der Waals surface area contributed by atoms with Gasteiger partial charge in [0, 0.05) is 17.4 Å². The molecule has 122 valence electrons. The first-order valence-corrected chi connectivity index (χ1v) is 7.96. The maximum atomic E-state index is 12.3. The second-order valence-corrected chi connectivity index (χ2v) is 5.76. The lowest BCUT2D eigenvalue weighted by Crippen LogP contribution is -2.12. The van der Waals surface area contributed by atoms with Crippen molar-refractivity contribution in [3.63, 3.8) is 0 Å². The first kappa shape index (κ1) is 15.4. The molecule has 5 nitrogen and oxygen atoms in total. The molecule has 0 saturated heterocycles. The fourth-order valence-corrected chi connectivity index (χ4v) is 2.65. The van der Waals surface area contributed by atoms with Gasteiger partial charge in [-0.3, -0.25) is 4.79 Å². The van der Waals surface area contributed by atoms with Crippen LogP contribution in [0, 0.1) is 0 Å². The Morgan fingerprint density at radius 2 is 1.80 bits per heavy atom. The zero-order chi connectivity index (χ0) is 17.2. The number of halogens is 1. The number of benzene rings is 2. The van der Waals surface area contributed by atoms with E-state index in [-0.39, 0.29) is 5.91 Å². The summed E-state index contributed by atoms with van der Waals surface area (Å²) < 4.78 is 5.68. The first-order chi connectivity index (χ1) is 12.2. The van der Waals surface area contributed by atoms with Crippen molar-refractivity contribution in [1.82, 2.24) is 9.97 Å². The summed E-state index contributed by atoms with van der Waals surface area (Å²) in [7, 11) is 0. The van der Waals surface area contributed by atoms with Crippen LogP contribution in [0.2, 0.25) is 5.02 Å². The molecule has 0 fully saturated rings. The zero-order valence-electron chi connectivity index (χ0n) is 12.9. The zero-order valence-corrected chi connectivity index (χ0v) is 13.7. The molecule has 0 aliphatic heterocycles. The van der Waals surface area contributed by atoms with Crippen LogP contribution in [0.5, 0.6) is 0 Å². The first-order valence-electron chi connectivity index (χ1n) is 7.58. The summed E-state index contributed by atoms with van der Waals surface area (Å²) in [5.74, 6) is 0.224.